The number of benzene rings is 1. The van der Waals surface area contributed by atoms with Crippen molar-refractivity contribution in [2.24, 2.45) is 0 Å². The van der Waals surface area contributed by atoms with E-state index in [2.05, 4.69) is 9.88 Å². The lowest BCUT2D eigenvalue weighted by atomic mass is 10.2. The van der Waals surface area contributed by atoms with Gasteiger partial charge in [0, 0.05) is 17.8 Å². The first-order valence-corrected chi connectivity index (χ1v) is 8.05. The fraction of sp³-hybridized carbons (Fsp3) is 0.308. The molecule has 0 spiro atoms. The number of sulfonamides is 1. The summed E-state index contributed by atoms with van der Waals surface area (Å²) in [6.07, 6.45) is 0. The van der Waals surface area contributed by atoms with Crippen molar-refractivity contribution in [1.29, 1.82) is 0 Å². The van der Waals surface area contributed by atoms with Crippen LogP contribution in [0.25, 0.3) is 0 Å². The van der Waals surface area contributed by atoms with Crippen LogP contribution in [0.1, 0.15) is 22.6 Å². The van der Waals surface area contributed by atoms with Crippen molar-refractivity contribution in [1.82, 2.24) is 9.88 Å². The monoisotopic (exact) mass is 329 g/mol. The summed E-state index contributed by atoms with van der Waals surface area (Å²) in [5.74, 6) is 0.574. The van der Waals surface area contributed by atoms with E-state index in [0.29, 0.717) is 22.7 Å². The van der Waals surface area contributed by atoms with Gasteiger partial charge in [-0.25, -0.2) is 13.1 Å². The lowest BCUT2D eigenvalue weighted by molar-refractivity contribution is 0.392. The van der Waals surface area contributed by atoms with Gasteiger partial charge in [0.25, 0.3) is 0 Å². The predicted molar refractivity (Wildman–Crippen MR) is 80.6 cm³/mol. The van der Waals surface area contributed by atoms with Gasteiger partial charge < -0.3 is 10.3 Å². The van der Waals surface area contributed by atoms with Gasteiger partial charge in [0.05, 0.1) is 10.7 Å². The van der Waals surface area contributed by atoms with Crippen molar-refractivity contribution in [3.63, 3.8) is 0 Å². The van der Waals surface area contributed by atoms with E-state index in [0.717, 1.165) is 5.56 Å². The summed E-state index contributed by atoms with van der Waals surface area (Å²) >= 11 is 6.00. The first kappa shape index (κ1) is 15.8. The number of aryl methyl sites for hydroxylation is 3. The molecule has 114 valence electrons. The van der Waals surface area contributed by atoms with Crippen molar-refractivity contribution in [2.45, 2.75) is 32.2 Å². The van der Waals surface area contributed by atoms with Gasteiger partial charge in [-0.2, -0.15) is 0 Å². The number of hydrogen-bond donors (Lipinski definition) is 2. The summed E-state index contributed by atoms with van der Waals surface area (Å²) < 4.78 is 32.1. The Kier molecular flexibility index (Phi) is 4.27. The molecule has 2 aromatic rings. The van der Waals surface area contributed by atoms with Gasteiger partial charge in [-0.15, -0.1) is 0 Å². The van der Waals surface area contributed by atoms with Crippen molar-refractivity contribution < 1.29 is 12.9 Å². The number of rotatable bonds is 4. The van der Waals surface area contributed by atoms with Crippen molar-refractivity contribution in [3.8, 4) is 0 Å². The highest BCUT2D eigenvalue weighted by Crippen LogP contribution is 2.27. The van der Waals surface area contributed by atoms with Crippen molar-refractivity contribution in [3.05, 3.63) is 39.7 Å². The molecule has 21 heavy (non-hydrogen) atoms. The Morgan fingerprint density at radius 1 is 1.33 bits per heavy atom. The van der Waals surface area contributed by atoms with E-state index in [1.807, 2.05) is 0 Å². The van der Waals surface area contributed by atoms with Crippen LogP contribution in [-0.4, -0.2) is 13.6 Å². The van der Waals surface area contributed by atoms with Gasteiger partial charge in [0.1, 0.15) is 10.7 Å². The fourth-order valence-corrected chi connectivity index (χ4v) is 3.48. The molecule has 8 heteroatoms. The van der Waals surface area contributed by atoms with Gasteiger partial charge in [-0.05, 0) is 38.5 Å². The lowest BCUT2D eigenvalue weighted by Crippen LogP contribution is -2.24. The largest absolute Gasteiger partial charge is 0.398 e. The van der Waals surface area contributed by atoms with Gasteiger partial charge in [0.15, 0.2) is 0 Å². The molecule has 0 fully saturated rings. The Bertz CT molecular complexity index is 765. The average Bonchev–Trinajstić information content (AvgIpc) is 2.71. The molecule has 1 aromatic heterocycles. The Morgan fingerprint density at radius 2 is 2.00 bits per heavy atom. The van der Waals surface area contributed by atoms with E-state index in [4.69, 9.17) is 21.9 Å². The number of nitrogen functional groups attached to an aromatic ring is 1. The zero-order valence-corrected chi connectivity index (χ0v) is 13.5. The average molecular weight is 330 g/mol. The Balaban J connectivity index is 2.29. The van der Waals surface area contributed by atoms with Crippen LogP contribution in [0.2, 0.25) is 5.02 Å². The van der Waals surface area contributed by atoms with Crippen LogP contribution in [0.3, 0.4) is 0 Å². The van der Waals surface area contributed by atoms with E-state index < -0.39 is 10.0 Å². The number of nitrogens with one attached hydrogen (secondary N) is 1. The molecule has 3 N–H and O–H groups in total. The Morgan fingerprint density at radius 3 is 2.57 bits per heavy atom. The summed E-state index contributed by atoms with van der Waals surface area (Å²) in [5.41, 5.74) is 8.19. The molecule has 0 amide bonds. The van der Waals surface area contributed by atoms with Gasteiger partial charge in [-0.3, -0.25) is 0 Å². The van der Waals surface area contributed by atoms with E-state index in [-0.39, 0.29) is 16.5 Å². The smallest absolute Gasteiger partial charge is 0.242 e. The number of aromatic nitrogens is 1. The van der Waals surface area contributed by atoms with Crippen LogP contribution in [0.4, 0.5) is 5.69 Å². The predicted octanol–water partition coefficient (Wildman–Crippen LogP) is 2.31. The molecule has 0 aliphatic rings. The second kappa shape index (κ2) is 5.67. The third kappa shape index (κ3) is 3.20. The van der Waals surface area contributed by atoms with E-state index in [1.165, 1.54) is 12.1 Å². The minimum Gasteiger partial charge on any atom is -0.398 e. The van der Waals surface area contributed by atoms with Crippen LogP contribution in [0.5, 0.6) is 0 Å². The molecule has 0 atom stereocenters. The lowest BCUT2D eigenvalue weighted by Gasteiger charge is -2.10. The highest BCUT2D eigenvalue weighted by atomic mass is 35.5. The third-order valence-corrected chi connectivity index (χ3v) is 5.10. The molecule has 0 radical (unpaired) electrons. The van der Waals surface area contributed by atoms with Crippen LogP contribution < -0.4 is 10.5 Å². The zero-order chi connectivity index (χ0) is 15.8. The van der Waals surface area contributed by atoms with Gasteiger partial charge >= 0.3 is 0 Å². The maximum absolute atomic E-state index is 12.3. The van der Waals surface area contributed by atoms with E-state index >= 15 is 0 Å². The summed E-state index contributed by atoms with van der Waals surface area (Å²) in [6.45, 7) is 5.31. The second-order valence-electron chi connectivity index (χ2n) is 4.77. The van der Waals surface area contributed by atoms with Crippen LogP contribution in [-0.2, 0) is 16.6 Å². The molecule has 0 saturated heterocycles. The molecule has 0 aliphatic heterocycles. The molecule has 0 aliphatic carbocycles. The summed E-state index contributed by atoms with van der Waals surface area (Å²) in [7, 11) is -3.77. The quantitative estimate of drug-likeness (QED) is 0.839. The first-order valence-electron chi connectivity index (χ1n) is 6.19. The van der Waals surface area contributed by atoms with Gasteiger partial charge in [-0.1, -0.05) is 16.8 Å². The van der Waals surface area contributed by atoms with Crippen LogP contribution in [0.15, 0.2) is 21.6 Å². The normalized spacial score (nSPS) is 11.8. The number of nitrogens with zero attached hydrogens (tertiary/aromatic N) is 1. The molecule has 2 rings (SSSR count). The molecule has 1 aromatic carbocycles. The number of halogens is 1. The molecular formula is C13H16ClN3O3S. The minimum absolute atomic E-state index is 0.0426. The van der Waals surface area contributed by atoms with E-state index in [1.54, 1.807) is 20.8 Å². The molecule has 6 nitrogen and oxygen atoms in total. The first-order chi connectivity index (χ1) is 9.72. The van der Waals surface area contributed by atoms with Gasteiger partial charge in [0.2, 0.25) is 10.0 Å². The molecule has 0 bridgehead atoms. The van der Waals surface area contributed by atoms with Crippen molar-refractivity contribution >= 4 is 27.3 Å². The highest BCUT2D eigenvalue weighted by molar-refractivity contribution is 7.89. The SMILES string of the molecule is Cc1cc(Cl)c(S(=O)(=O)NCc2c(C)noc2C)cc1N. The zero-order valence-electron chi connectivity index (χ0n) is 11.9. The summed E-state index contributed by atoms with van der Waals surface area (Å²) in [4.78, 5) is -0.0426. The Labute approximate surface area is 128 Å². The van der Waals surface area contributed by atoms with E-state index in [9.17, 15) is 8.42 Å². The molecule has 0 unspecified atom stereocenters. The summed E-state index contributed by atoms with van der Waals surface area (Å²) in [5, 5.41) is 3.91. The fourth-order valence-electron chi connectivity index (χ4n) is 1.87. The minimum atomic E-state index is -3.77. The molecular weight excluding hydrogens is 314 g/mol. The maximum Gasteiger partial charge on any atom is 0.242 e. The number of hydrogen-bond acceptors (Lipinski definition) is 5. The standard InChI is InChI=1S/C13H16ClN3O3S/c1-7-4-11(14)13(5-12(7)15)21(18,19)16-6-10-8(2)17-20-9(10)3/h4-5,16H,6,15H2,1-3H3. The Hall–Kier alpha value is -1.57. The number of anilines is 1. The maximum atomic E-state index is 12.3. The topological polar surface area (TPSA) is 98.2 Å². The van der Waals surface area contributed by atoms with Crippen LogP contribution >= 0.6 is 11.6 Å². The molecule has 0 saturated carbocycles. The number of nitrogens with two attached hydrogens (primary N) is 1. The highest BCUT2D eigenvalue weighted by Gasteiger charge is 2.20. The third-order valence-electron chi connectivity index (χ3n) is 3.23. The second-order valence-corrected chi connectivity index (χ2v) is 6.91. The summed E-state index contributed by atoms with van der Waals surface area (Å²) in [6, 6.07) is 2.88. The molecule has 1 heterocycles. The van der Waals surface area contributed by atoms with Crippen LogP contribution in [0, 0.1) is 20.8 Å². The van der Waals surface area contributed by atoms with Crippen molar-refractivity contribution in [2.75, 3.05) is 5.73 Å².